The van der Waals surface area contributed by atoms with Crippen LogP contribution >= 0.6 is 0 Å². The van der Waals surface area contributed by atoms with E-state index in [0.29, 0.717) is 5.41 Å². The second-order valence-electron chi connectivity index (χ2n) is 7.57. The number of nitrogens with one attached hydrogen (secondary N) is 2. The van der Waals surface area contributed by atoms with Gasteiger partial charge in [-0.3, -0.25) is 0 Å². The molecule has 3 aliphatic rings. The summed E-state index contributed by atoms with van der Waals surface area (Å²) in [5.74, 6) is 0.866. The molecule has 0 saturated heterocycles. The molecule has 0 spiro atoms. The summed E-state index contributed by atoms with van der Waals surface area (Å²) >= 11 is 0. The largest absolute Gasteiger partial charge is 0.396 e. The topological polar surface area (TPSA) is 61.4 Å². The van der Waals surface area contributed by atoms with Gasteiger partial charge >= 0.3 is 6.03 Å². The van der Waals surface area contributed by atoms with E-state index in [1.165, 1.54) is 32.1 Å². The fraction of sp³-hybridized carbons (Fsp3) is 0.938. The maximum Gasteiger partial charge on any atom is 0.315 e. The summed E-state index contributed by atoms with van der Waals surface area (Å²) in [5.41, 5.74) is 0.287. The highest BCUT2D eigenvalue weighted by molar-refractivity contribution is 5.74. The van der Waals surface area contributed by atoms with Gasteiger partial charge in [0.1, 0.15) is 0 Å². The van der Waals surface area contributed by atoms with Crippen LogP contribution in [0.1, 0.15) is 58.3 Å². The van der Waals surface area contributed by atoms with Crippen LogP contribution < -0.4 is 10.6 Å². The zero-order valence-corrected chi connectivity index (χ0v) is 12.6. The van der Waals surface area contributed by atoms with Gasteiger partial charge in [-0.2, -0.15) is 0 Å². The fourth-order valence-corrected chi connectivity index (χ4v) is 4.19. The van der Waals surface area contributed by atoms with E-state index in [2.05, 4.69) is 17.6 Å². The summed E-state index contributed by atoms with van der Waals surface area (Å²) in [5, 5.41) is 15.7. The highest BCUT2D eigenvalue weighted by Crippen LogP contribution is 2.56. The Morgan fingerprint density at radius 3 is 2.50 bits per heavy atom. The molecule has 114 valence electrons. The molecule has 0 heterocycles. The molecule has 0 aromatic heterocycles. The highest BCUT2D eigenvalue weighted by atomic mass is 16.3. The molecule has 3 N–H and O–H groups in total. The summed E-state index contributed by atoms with van der Waals surface area (Å²) in [6.45, 7) is 3.07. The number of rotatable bonds is 5. The first kappa shape index (κ1) is 14.2. The molecule has 0 bridgehead atoms. The van der Waals surface area contributed by atoms with E-state index in [4.69, 9.17) is 0 Å². The van der Waals surface area contributed by atoms with Gasteiger partial charge in [-0.05, 0) is 49.9 Å². The molecular formula is C16H28N2O2. The van der Waals surface area contributed by atoms with Gasteiger partial charge < -0.3 is 15.7 Å². The van der Waals surface area contributed by atoms with Crippen LogP contribution in [-0.4, -0.2) is 30.3 Å². The quantitative estimate of drug-likeness (QED) is 0.724. The molecule has 3 saturated carbocycles. The van der Waals surface area contributed by atoms with E-state index in [0.717, 1.165) is 31.7 Å². The molecule has 3 fully saturated rings. The van der Waals surface area contributed by atoms with E-state index in [1.54, 1.807) is 0 Å². The predicted molar refractivity (Wildman–Crippen MR) is 78.4 cm³/mol. The van der Waals surface area contributed by atoms with Gasteiger partial charge in [0.05, 0.1) is 6.61 Å². The number of carbonyl (C=O) groups excluding carboxylic acids is 1. The summed E-state index contributed by atoms with van der Waals surface area (Å²) in [6.07, 6.45) is 9.69. The summed E-state index contributed by atoms with van der Waals surface area (Å²) in [7, 11) is 0. The Hall–Kier alpha value is -0.770. The zero-order valence-electron chi connectivity index (χ0n) is 12.6. The summed E-state index contributed by atoms with van der Waals surface area (Å²) in [4.78, 5) is 12.1. The average Bonchev–Trinajstić information content (AvgIpc) is 3.15. The van der Waals surface area contributed by atoms with Crippen molar-refractivity contribution in [3.05, 3.63) is 0 Å². The van der Waals surface area contributed by atoms with Gasteiger partial charge in [-0.1, -0.05) is 19.8 Å². The Bertz CT molecular complexity index is 377. The summed E-state index contributed by atoms with van der Waals surface area (Å²) < 4.78 is 0. The number of aliphatic hydroxyl groups is 1. The Balaban J connectivity index is 1.47. The molecule has 0 radical (unpaired) electrons. The third kappa shape index (κ3) is 2.54. The number of carbonyl (C=O) groups is 1. The molecule has 4 nitrogen and oxygen atoms in total. The maximum atomic E-state index is 12.1. The maximum absolute atomic E-state index is 12.1. The van der Waals surface area contributed by atoms with Crippen LogP contribution in [0, 0.1) is 16.7 Å². The molecule has 0 aromatic rings. The fourth-order valence-electron chi connectivity index (χ4n) is 4.19. The SMILES string of the molecule is CC1(CO)CCCC1NC(=O)NCC1(C2CC2)CCC1. The Kier molecular flexibility index (Phi) is 3.69. The van der Waals surface area contributed by atoms with Crippen molar-refractivity contribution in [3.63, 3.8) is 0 Å². The van der Waals surface area contributed by atoms with Gasteiger partial charge in [-0.15, -0.1) is 0 Å². The van der Waals surface area contributed by atoms with E-state index in [-0.39, 0.29) is 24.1 Å². The predicted octanol–water partition coefficient (Wildman–Crippen LogP) is 2.42. The molecule has 2 unspecified atom stereocenters. The third-order valence-electron chi connectivity index (χ3n) is 6.14. The van der Waals surface area contributed by atoms with E-state index < -0.39 is 0 Å². The summed E-state index contributed by atoms with van der Waals surface area (Å²) in [6, 6.07) is 0.0780. The normalized spacial score (nSPS) is 35.4. The van der Waals surface area contributed by atoms with Gasteiger partial charge in [-0.25, -0.2) is 4.79 Å². The molecule has 20 heavy (non-hydrogen) atoms. The monoisotopic (exact) mass is 280 g/mol. The number of hydrogen-bond donors (Lipinski definition) is 3. The molecule has 0 aliphatic heterocycles. The van der Waals surface area contributed by atoms with Crippen LogP contribution in [0.15, 0.2) is 0 Å². The van der Waals surface area contributed by atoms with Crippen molar-refractivity contribution in [2.24, 2.45) is 16.7 Å². The first-order chi connectivity index (χ1) is 9.58. The number of amides is 2. The van der Waals surface area contributed by atoms with E-state index in [9.17, 15) is 9.90 Å². The van der Waals surface area contributed by atoms with Crippen molar-refractivity contribution in [1.82, 2.24) is 10.6 Å². The van der Waals surface area contributed by atoms with Crippen molar-refractivity contribution >= 4 is 6.03 Å². The molecule has 2 atom stereocenters. The van der Waals surface area contributed by atoms with Crippen LogP contribution in [0.3, 0.4) is 0 Å². The third-order valence-corrected chi connectivity index (χ3v) is 6.14. The molecule has 4 heteroatoms. The van der Waals surface area contributed by atoms with Crippen molar-refractivity contribution in [2.75, 3.05) is 13.2 Å². The second kappa shape index (κ2) is 5.21. The van der Waals surface area contributed by atoms with Gasteiger partial charge in [0, 0.05) is 18.0 Å². The van der Waals surface area contributed by atoms with Crippen LogP contribution in [0.5, 0.6) is 0 Å². The molecule has 2 amide bonds. The lowest BCUT2D eigenvalue weighted by Gasteiger charge is -2.42. The second-order valence-corrected chi connectivity index (χ2v) is 7.57. The van der Waals surface area contributed by atoms with Gasteiger partial charge in [0.2, 0.25) is 0 Å². The Morgan fingerprint density at radius 1 is 1.20 bits per heavy atom. The smallest absolute Gasteiger partial charge is 0.315 e. The highest BCUT2D eigenvalue weighted by Gasteiger charge is 2.49. The van der Waals surface area contributed by atoms with Crippen molar-refractivity contribution in [3.8, 4) is 0 Å². The lowest BCUT2D eigenvalue weighted by molar-refractivity contribution is 0.0983. The Labute approximate surface area is 121 Å². The van der Waals surface area contributed by atoms with Crippen molar-refractivity contribution < 1.29 is 9.90 Å². The minimum atomic E-state index is -0.137. The van der Waals surface area contributed by atoms with Crippen LogP contribution in [0.4, 0.5) is 4.79 Å². The van der Waals surface area contributed by atoms with Crippen molar-refractivity contribution in [2.45, 2.75) is 64.3 Å². The van der Waals surface area contributed by atoms with Crippen molar-refractivity contribution in [1.29, 1.82) is 0 Å². The van der Waals surface area contributed by atoms with Gasteiger partial charge in [0.15, 0.2) is 0 Å². The average molecular weight is 280 g/mol. The minimum Gasteiger partial charge on any atom is -0.396 e. The van der Waals surface area contributed by atoms with Crippen LogP contribution in [0.2, 0.25) is 0 Å². The minimum absolute atomic E-state index is 0.0384. The first-order valence-corrected chi connectivity index (χ1v) is 8.23. The van der Waals surface area contributed by atoms with Gasteiger partial charge in [0.25, 0.3) is 0 Å². The number of hydrogen-bond acceptors (Lipinski definition) is 2. The molecule has 3 aliphatic carbocycles. The van der Waals surface area contributed by atoms with Crippen LogP contribution in [0.25, 0.3) is 0 Å². The Morgan fingerprint density at radius 2 is 1.95 bits per heavy atom. The number of urea groups is 1. The lowest BCUT2D eigenvalue weighted by Crippen LogP contribution is -2.52. The zero-order chi connectivity index (χ0) is 14.2. The van der Waals surface area contributed by atoms with Crippen LogP contribution in [-0.2, 0) is 0 Å². The van der Waals surface area contributed by atoms with E-state index >= 15 is 0 Å². The standard InChI is InChI=1S/C16H28N2O2/c1-15(11-19)7-2-4-13(15)18-14(20)17-10-16(8-3-9-16)12-5-6-12/h12-13,19H,2-11H2,1H3,(H2,17,18,20). The first-order valence-electron chi connectivity index (χ1n) is 8.23. The van der Waals surface area contributed by atoms with E-state index in [1.807, 2.05) is 0 Å². The number of aliphatic hydroxyl groups excluding tert-OH is 1. The lowest BCUT2D eigenvalue weighted by atomic mass is 9.65. The molecule has 0 aromatic carbocycles. The molecule has 3 rings (SSSR count). The molecular weight excluding hydrogens is 252 g/mol.